The van der Waals surface area contributed by atoms with E-state index in [1.807, 2.05) is 69.5 Å². The maximum Gasteiger partial charge on any atom is 0.407 e. The molecule has 2 saturated heterocycles. The molecule has 18 nitrogen and oxygen atoms in total. The van der Waals surface area contributed by atoms with E-state index < -0.39 is 36.3 Å². The highest BCUT2D eigenvalue weighted by Crippen LogP contribution is 2.48. The highest BCUT2D eigenvalue weighted by molar-refractivity contribution is 5.93. The molecule has 0 unspecified atom stereocenters. The molecule has 4 aromatic heterocycles. The van der Waals surface area contributed by atoms with E-state index in [1.165, 1.54) is 20.3 Å². The van der Waals surface area contributed by atoms with Crippen molar-refractivity contribution in [2.45, 2.75) is 97.1 Å². The van der Waals surface area contributed by atoms with Gasteiger partial charge >= 0.3 is 12.2 Å². The van der Waals surface area contributed by atoms with E-state index in [4.69, 9.17) is 23.7 Å². The molecule has 0 spiro atoms. The van der Waals surface area contributed by atoms with Crippen LogP contribution in [-0.4, -0.2) is 103 Å². The minimum Gasteiger partial charge on any atom is -0.462 e. The number of amides is 4. The molecule has 6 aromatic rings. The smallest absolute Gasteiger partial charge is 0.407 e. The van der Waals surface area contributed by atoms with Gasteiger partial charge in [-0.25, -0.2) is 23.9 Å². The Labute approximate surface area is 385 Å². The summed E-state index contributed by atoms with van der Waals surface area (Å²) in [6, 6.07) is 10.7. The minimum absolute atomic E-state index is 0.161. The maximum absolute atomic E-state index is 16.8. The van der Waals surface area contributed by atoms with Crippen molar-refractivity contribution in [2.75, 3.05) is 27.3 Å². The van der Waals surface area contributed by atoms with Crippen LogP contribution in [0.25, 0.3) is 44.7 Å². The Morgan fingerprint density at radius 2 is 1.39 bits per heavy atom. The number of halogens is 1. The molecular weight excluding hydrogens is 864 g/mol. The first-order valence-corrected chi connectivity index (χ1v) is 22.8. The first-order valence-electron chi connectivity index (χ1n) is 22.8. The summed E-state index contributed by atoms with van der Waals surface area (Å²) in [6.07, 6.45) is 4.74. The zero-order valence-corrected chi connectivity index (χ0v) is 38.5. The van der Waals surface area contributed by atoms with E-state index in [0.29, 0.717) is 72.5 Å². The van der Waals surface area contributed by atoms with E-state index >= 15 is 4.39 Å². The number of nitrogens with one attached hydrogen (secondary N) is 4. The molecule has 4 N–H and O–H groups in total. The summed E-state index contributed by atoms with van der Waals surface area (Å²) in [4.78, 5) is 71.5. The number of carbonyl (C=O) groups is 4. The van der Waals surface area contributed by atoms with Crippen LogP contribution in [0.5, 0.6) is 5.75 Å². The van der Waals surface area contributed by atoms with Crippen LogP contribution in [0.1, 0.15) is 102 Å². The Morgan fingerprint density at radius 1 is 0.806 bits per heavy atom. The van der Waals surface area contributed by atoms with Crippen LogP contribution in [0.3, 0.4) is 0 Å². The molecule has 352 valence electrons. The first kappa shape index (κ1) is 45.0. The van der Waals surface area contributed by atoms with Crippen molar-refractivity contribution in [1.82, 2.24) is 50.1 Å². The summed E-state index contributed by atoms with van der Waals surface area (Å²) in [5.41, 5.74) is 4.96. The van der Waals surface area contributed by atoms with Crippen LogP contribution in [0, 0.1) is 17.7 Å². The van der Waals surface area contributed by atoms with Gasteiger partial charge in [-0.3, -0.25) is 14.2 Å². The van der Waals surface area contributed by atoms with Crippen LogP contribution < -0.4 is 15.4 Å². The Balaban J connectivity index is 1.03. The van der Waals surface area contributed by atoms with Gasteiger partial charge in [-0.05, 0) is 74.3 Å². The average Bonchev–Trinajstić information content (AvgIpc) is 4.18. The summed E-state index contributed by atoms with van der Waals surface area (Å²) in [5.74, 6) is 0.649. The van der Waals surface area contributed by atoms with Gasteiger partial charge in [0.1, 0.15) is 35.3 Å². The summed E-state index contributed by atoms with van der Waals surface area (Å²) < 4.78 is 40.9. The fourth-order valence-electron chi connectivity index (χ4n) is 9.59. The SMILES string of the molecule is CCc1cc([C@@H]2Oc3cc(-c4cnc([C@@H]5CCCN5C(=O)[C@@H](NC(=O)OC)C(C)C)[nH]4)cc(F)c3-c3cc4cc(-c5cnc([C@@H]6CCCN6C(=O)[C@@H](NC(=O)OC)C(C)C)[nH]5)ccc4n32)on1. The van der Waals surface area contributed by atoms with Gasteiger partial charge < -0.3 is 49.1 Å². The number of alkyl carbamates (subject to hydrolysis) is 2. The Kier molecular flexibility index (Phi) is 12.3. The van der Waals surface area contributed by atoms with Crippen molar-refractivity contribution >= 4 is 34.9 Å². The Hall–Kier alpha value is -7.18. The van der Waals surface area contributed by atoms with E-state index in [1.54, 1.807) is 28.3 Å². The molecule has 9 rings (SSSR count). The first-order chi connectivity index (χ1) is 32.3. The number of methoxy groups -OCH3 is 2. The Bertz CT molecular complexity index is 2840. The number of nitrogens with zero attached hydrogens (tertiary/aromatic N) is 6. The molecule has 0 aliphatic carbocycles. The van der Waals surface area contributed by atoms with Crippen molar-refractivity contribution < 1.29 is 42.3 Å². The van der Waals surface area contributed by atoms with Crippen molar-refractivity contribution in [3.05, 3.63) is 83.8 Å². The highest BCUT2D eigenvalue weighted by atomic mass is 19.1. The van der Waals surface area contributed by atoms with E-state index in [2.05, 4.69) is 30.7 Å². The van der Waals surface area contributed by atoms with Crippen LogP contribution in [-0.2, 0) is 25.5 Å². The molecule has 0 saturated carbocycles. The summed E-state index contributed by atoms with van der Waals surface area (Å²) in [7, 11) is 2.53. The molecule has 67 heavy (non-hydrogen) atoms. The van der Waals surface area contributed by atoms with Gasteiger partial charge in [-0.2, -0.15) is 0 Å². The number of likely N-dealkylation sites (tertiary alicyclic amines) is 2. The van der Waals surface area contributed by atoms with Crippen LogP contribution in [0.2, 0.25) is 0 Å². The number of carbonyl (C=O) groups excluding carboxylic acids is 4. The van der Waals surface area contributed by atoms with Gasteiger partial charge in [0.25, 0.3) is 0 Å². The van der Waals surface area contributed by atoms with E-state index in [9.17, 15) is 19.2 Å². The van der Waals surface area contributed by atoms with Crippen LogP contribution >= 0.6 is 0 Å². The highest BCUT2D eigenvalue weighted by Gasteiger charge is 2.40. The normalized spacial score (nSPS) is 18.7. The van der Waals surface area contributed by atoms with Gasteiger partial charge in [0.05, 0.1) is 72.6 Å². The standard InChI is InChI=1S/C48H55FN10O8/c1-8-29-21-38(67-56-29)46-59-33-14-13-26(31-22-50-42(52-31)34-11-9-15-57(34)44(60)40(24(2)3)54-47(62)64-6)17-28(33)19-36(59)39-30(49)18-27(20-37(39)66-46)32-23-51-43(53-32)35-12-10-16-58(35)45(61)41(25(4)5)55-48(63)65-7/h13-14,17-25,34-35,40-41,46H,8-12,15-16H2,1-7H3,(H,50,52)(H,51,53)(H,54,62)(H,55,63)/t34-,35-,40-,41-,46-/m0/s1. The molecule has 3 aliphatic rings. The van der Waals surface area contributed by atoms with Crippen molar-refractivity contribution in [3.63, 3.8) is 0 Å². The molecule has 0 radical (unpaired) electrons. The molecule has 2 fully saturated rings. The van der Waals surface area contributed by atoms with Crippen molar-refractivity contribution in [3.8, 4) is 39.5 Å². The molecular formula is C48H55FN10O8. The number of aromatic nitrogens is 6. The second-order valence-electron chi connectivity index (χ2n) is 18.0. The summed E-state index contributed by atoms with van der Waals surface area (Å²) >= 11 is 0. The fraction of sp³-hybridized carbons (Fsp3) is 0.438. The predicted octanol–water partition coefficient (Wildman–Crippen LogP) is 7.81. The lowest BCUT2D eigenvalue weighted by atomic mass is 10.0. The number of aryl methyl sites for hydroxylation is 1. The molecule has 0 bridgehead atoms. The van der Waals surface area contributed by atoms with Gasteiger partial charge in [0, 0.05) is 35.7 Å². The third-order valence-electron chi connectivity index (χ3n) is 13.1. The van der Waals surface area contributed by atoms with E-state index in [0.717, 1.165) is 40.7 Å². The quantitative estimate of drug-likeness (QED) is 0.0929. The number of rotatable bonds is 12. The Morgan fingerprint density at radius 3 is 1.93 bits per heavy atom. The van der Waals surface area contributed by atoms with Gasteiger partial charge in [0.15, 0.2) is 5.76 Å². The zero-order chi connectivity index (χ0) is 47.3. The lowest BCUT2D eigenvalue weighted by Crippen LogP contribution is -2.51. The largest absolute Gasteiger partial charge is 0.462 e. The number of imidazole rings is 2. The minimum atomic E-state index is -0.829. The molecule has 5 atom stereocenters. The lowest BCUT2D eigenvalue weighted by molar-refractivity contribution is -0.136. The maximum atomic E-state index is 16.8. The topological polar surface area (TPSA) is 215 Å². The molecule has 19 heteroatoms. The third kappa shape index (κ3) is 8.35. The second kappa shape index (κ2) is 18.2. The number of benzene rings is 2. The summed E-state index contributed by atoms with van der Waals surface area (Å²) in [6.45, 7) is 10.5. The number of ether oxygens (including phenoxy) is 3. The van der Waals surface area contributed by atoms with Gasteiger partial charge in [0.2, 0.25) is 18.0 Å². The number of fused-ring (bicyclic) bond motifs is 5. The average molecular weight is 919 g/mol. The second-order valence-corrected chi connectivity index (χ2v) is 18.0. The van der Waals surface area contributed by atoms with Gasteiger partial charge in [-0.1, -0.05) is 45.8 Å². The molecule has 7 heterocycles. The van der Waals surface area contributed by atoms with Crippen molar-refractivity contribution in [2.24, 2.45) is 11.8 Å². The summed E-state index contributed by atoms with van der Waals surface area (Å²) in [5, 5.41) is 10.4. The zero-order valence-electron chi connectivity index (χ0n) is 38.5. The van der Waals surface area contributed by atoms with E-state index in [-0.39, 0.29) is 41.3 Å². The lowest BCUT2D eigenvalue weighted by Gasteiger charge is -2.30. The monoisotopic (exact) mass is 918 g/mol. The number of hydrogen-bond acceptors (Lipinski definition) is 11. The number of hydrogen-bond donors (Lipinski definition) is 4. The number of H-pyrrole nitrogens is 2. The molecule has 4 amide bonds. The molecule has 3 aliphatic heterocycles. The third-order valence-corrected chi connectivity index (χ3v) is 13.1. The predicted molar refractivity (Wildman–Crippen MR) is 243 cm³/mol. The van der Waals surface area contributed by atoms with Gasteiger partial charge in [-0.15, -0.1) is 0 Å². The van der Waals surface area contributed by atoms with Crippen LogP contribution in [0.15, 0.2) is 59.4 Å². The van der Waals surface area contributed by atoms with Crippen molar-refractivity contribution in [1.29, 1.82) is 0 Å². The molecule has 2 aromatic carbocycles. The fourth-order valence-corrected chi connectivity index (χ4v) is 9.59. The number of aromatic amines is 2. The van der Waals surface area contributed by atoms with Crippen LogP contribution in [0.4, 0.5) is 14.0 Å².